The van der Waals surface area contributed by atoms with Gasteiger partial charge in [0.25, 0.3) is 5.89 Å². The monoisotopic (exact) mass is 289 g/mol. The lowest BCUT2D eigenvalue weighted by Crippen LogP contribution is -1.86. The van der Waals surface area contributed by atoms with E-state index in [-0.39, 0.29) is 5.82 Å². The molecule has 0 radical (unpaired) electrons. The van der Waals surface area contributed by atoms with E-state index in [4.69, 9.17) is 21.9 Å². The lowest BCUT2D eigenvalue weighted by molar-refractivity contribution is 0.432. The molecular formula is C14H9ClFN3O. The summed E-state index contributed by atoms with van der Waals surface area (Å²) in [6, 6.07) is 10.8. The Bertz CT molecular complexity index is 735. The van der Waals surface area contributed by atoms with Crippen LogP contribution in [0.2, 0.25) is 5.02 Å². The van der Waals surface area contributed by atoms with Crippen LogP contribution >= 0.6 is 11.6 Å². The molecule has 100 valence electrons. The molecule has 0 amide bonds. The van der Waals surface area contributed by atoms with Crippen LogP contribution in [0.5, 0.6) is 0 Å². The van der Waals surface area contributed by atoms with Gasteiger partial charge < -0.3 is 10.3 Å². The Morgan fingerprint density at radius 1 is 1.05 bits per heavy atom. The minimum atomic E-state index is -0.319. The molecule has 4 nitrogen and oxygen atoms in total. The van der Waals surface area contributed by atoms with Crippen LogP contribution in [0.15, 0.2) is 47.0 Å². The van der Waals surface area contributed by atoms with Gasteiger partial charge in [-0.3, -0.25) is 0 Å². The number of nitrogens with zero attached hydrogens (tertiary/aromatic N) is 2. The van der Waals surface area contributed by atoms with E-state index >= 15 is 0 Å². The fraction of sp³-hybridized carbons (Fsp3) is 0. The Hall–Kier alpha value is -2.40. The maximum atomic E-state index is 12.9. The zero-order valence-electron chi connectivity index (χ0n) is 10.2. The molecule has 0 saturated carbocycles. The van der Waals surface area contributed by atoms with Gasteiger partial charge in [-0.1, -0.05) is 16.8 Å². The third-order valence-corrected chi connectivity index (χ3v) is 2.91. The highest BCUT2D eigenvalue weighted by atomic mass is 35.5. The quantitative estimate of drug-likeness (QED) is 0.729. The van der Waals surface area contributed by atoms with Gasteiger partial charge in [0.1, 0.15) is 5.82 Å². The summed E-state index contributed by atoms with van der Waals surface area (Å²) >= 11 is 5.93. The first-order chi connectivity index (χ1) is 9.61. The van der Waals surface area contributed by atoms with Crippen LogP contribution < -0.4 is 5.73 Å². The first kappa shape index (κ1) is 12.6. The van der Waals surface area contributed by atoms with Gasteiger partial charge in [0, 0.05) is 21.8 Å². The summed E-state index contributed by atoms with van der Waals surface area (Å²) in [5.41, 5.74) is 7.52. The number of anilines is 1. The van der Waals surface area contributed by atoms with E-state index in [0.717, 1.165) is 0 Å². The number of aromatic nitrogens is 2. The molecule has 3 aromatic rings. The molecule has 0 saturated heterocycles. The van der Waals surface area contributed by atoms with Crippen molar-refractivity contribution in [1.82, 2.24) is 10.1 Å². The standard InChI is InChI=1S/C14H9ClFN3O/c15-10-5-9(6-12(17)7-10)14-18-13(19-20-14)8-1-3-11(16)4-2-8/h1-7H,17H2. The van der Waals surface area contributed by atoms with Crippen LogP contribution in [-0.4, -0.2) is 10.1 Å². The zero-order valence-corrected chi connectivity index (χ0v) is 10.9. The molecule has 0 aliphatic heterocycles. The van der Waals surface area contributed by atoms with Crippen molar-refractivity contribution < 1.29 is 8.91 Å². The Morgan fingerprint density at radius 3 is 2.50 bits per heavy atom. The van der Waals surface area contributed by atoms with E-state index in [1.165, 1.54) is 12.1 Å². The summed E-state index contributed by atoms with van der Waals surface area (Å²) in [5, 5.41) is 4.35. The van der Waals surface area contributed by atoms with Gasteiger partial charge in [0.15, 0.2) is 0 Å². The molecule has 3 rings (SSSR count). The van der Waals surface area contributed by atoms with Gasteiger partial charge in [-0.25, -0.2) is 4.39 Å². The van der Waals surface area contributed by atoms with Gasteiger partial charge in [-0.2, -0.15) is 4.98 Å². The fourth-order valence-electron chi connectivity index (χ4n) is 1.79. The van der Waals surface area contributed by atoms with E-state index in [9.17, 15) is 4.39 Å². The predicted molar refractivity (Wildman–Crippen MR) is 74.6 cm³/mol. The maximum Gasteiger partial charge on any atom is 0.258 e. The largest absolute Gasteiger partial charge is 0.399 e. The smallest absolute Gasteiger partial charge is 0.258 e. The second-order valence-corrected chi connectivity index (χ2v) is 4.64. The van der Waals surface area contributed by atoms with Crippen molar-refractivity contribution in [2.75, 3.05) is 5.73 Å². The van der Waals surface area contributed by atoms with E-state index in [1.807, 2.05) is 0 Å². The molecule has 0 spiro atoms. The lowest BCUT2D eigenvalue weighted by Gasteiger charge is -1.98. The van der Waals surface area contributed by atoms with Crippen LogP contribution in [0.1, 0.15) is 0 Å². The maximum absolute atomic E-state index is 12.9. The molecule has 0 bridgehead atoms. The van der Waals surface area contributed by atoms with Crippen molar-refractivity contribution in [2.45, 2.75) is 0 Å². The van der Waals surface area contributed by atoms with Crippen LogP contribution in [-0.2, 0) is 0 Å². The number of hydrogen-bond donors (Lipinski definition) is 1. The van der Waals surface area contributed by atoms with Crippen LogP contribution in [0, 0.1) is 5.82 Å². The second-order valence-electron chi connectivity index (χ2n) is 4.20. The van der Waals surface area contributed by atoms with E-state index < -0.39 is 0 Å². The molecule has 6 heteroatoms. The molecular weight excluding hydrogens is 281 g/mol. The SMILES string of the molecule is Nc1cc(Cl)cc(-c2nc(-c3ccc(F)cc3)no2)c1. The summed E-state index contributed by atoms with van der Waals surface area (Å²) in [7, 11) is 0. The molecule has 2 N–H and O–H groups in total. The molecule has 0 unspecified atom stereocenters. The van der Waals surface area contributed by atoms with Crippen LogP contribution in [0.25, 0.3) is 22.8 Å². The van der Waals surface area contributed by atoms with Crippen molar-refractivity contribution in [3.63, 3.8) is 0 Å². The lowest BCUT2D eigenvalue weighted by atomic mass is 10.2. The molecule has 0 aliphatic rings. The van der Waals surface area contributed by atoms with Crippen LogP contribution in [0.4, 0.5) is 10.1 Å². The van der Waals surface area contributed by atoms with E-state index in [0.29, 0.717) is 33.6 Å². The number of rotatable bonds is 2. The Balaban J connectivity index is 1.99. The summed E-state index contributed by atoms with van der Waals surface area (Å²) < 4.78 is 18.0. The number of nitrogens with two attached hydrogens (primary N) is 1. The summed E-state index contributed by atoms with van der Waals surface area (Å²) in [6.07, 6.45) is 0. The van der Waals surface area contributed by atoms with Gasteiger partial charge >= 0.3 is 0 Å². The normalized spacial score (nSPS) is 10.7. The first-order valence-corrected chi connectivity index (χ1v) is 6.16. The van der Waals surface area contributed by atoms with Gasteiger partial charge in [0.05, 0.1) is 0 Å². The first-order valence-electron chi connectivity index (χ1n) is 5.78. The molecule has 0 fully saturated rings. The van der Waals surface area contributed by atoms with Gasteiger partial charge in [-0.15, -0.1) is 0 Å². The molecule has 1 heterocycles. The average molecular weight is 290 g/mol. The highest BCUT2D eigenvalue weighted by Gasteiger charge is 2.11. The zero-order chi connectivity index (χ0) is 14.1. The van der Waals surface area contributed by atoms with Crippen molar-refractivity contribution in [1.29, 1.82) is 0 Å². The summed E-state index contributed by atoms with van der Waals surface area (Å²) in [5.74, 6) is 0.358. The van der Waals surface area contributed by atoms with E-state index in [2.05, 4.69) is 10.1 Å². The highest BCUT2D eigenvalue weighted by Crippen LogP contribution is 2.26. The van der Waals surface area contributed by atoms with Crippen molar-refractivity contribution in [2.24, 2.45) is 0 Å². The summed E-state index contributed by atoms with van der Waals surface area (Å²) in [6.45, 7) is 0. The van der Waals surface area contributed by atoms with Crippen molar-refractivity contribution in [3.05, 3.63) is 53.3 Å². The fourth-order valence-corrected chi connectivity index (χ4v) is 2.04. The third-order valence-electron chi connectivity index (χ3n) is 2.70. The van der Waals surface area contributed by atoms with Crippen molar-refractivity contribution >= 4 is 17.3 Å². The van der Waals surface area contributed by atoms with Gasteiger partial charge in [-0.05, 0) is 42.5 Å². The minimum absolute atomic E-state index is 0.304. The molecule has 2 aromatic carbocycles. The van der Waals surface area contributed by atoms with Gasteiger partial charge in [0.2, 0.25) is 5.82 Å². The highest BCUT2D eigenvalue weighted by molar-refractivity contribution is 6.31. The number of hydrogen-bond acceptors (Lipinski definition) is 4. The second kappa shape index (κ2) is 4.94. The third kappa shape index (κ3) is 2.48. The average Bonchev–Trinajstić information content (AvgIpc) is 2.88. The Kier molecular flexibility index (Phi) is 3.12. The minimum Gasteiger partial charge on any atom is -0.399 e. The van der Waals surface area contributed by atoms with Crippen LogP contribution in [0.3, 0.4) is 0 Å². The summed E-state index contributed by atoms with van der Waals surface area (Å²) in [4.78, 5) is 4.25. The van der Waals surface area contributed by atoms with Crippen molar-refractivity contribution in [3.8, 4) is 22.8 Å². The molecule has 20 heavy (non-hydrogen) atoms. The Labute approximate surface area is 119 Å². The predicted octanol–water partition coefficient (Wildman–Crippen LogP) is 3.78. The number of benzene rings is 2. The molecule has 1 aromatic heterocycles. The number of nitrogen functional groups attached to an aromatic ring is 1. The number of halogens is 2. The topological polar surface area (TPSA) is 64.9 Å². The van der Waals surface area contributed by atoms with E-state index in [1.54, 1.807) is 30.3 Å². The molecule has 0 atom stereocenters. The Morgan fingerprint density at radius 2 is 1.80 bits per heavy atom. The molecule has 0 aliphatic carbocycles.